The molecule has 0 aliphatic heterocycles. The Balaban J connectivity index is 1.98. The van der Waals surface area contributed by atoms with Gasteiger partial charge in [-0.2, -0.15) is 0 Å². The van der Waals surface area contributed by atoms with Crippen LogP contribution in [0.5, 0.6) is 17.2 Å². The van der Waals surface area contributed by atoms with E-state index in [0.717, 1.165) is 34.1 Å². The van der Waals surface area contributed by atoms with Crippen molar-refractivity contribution < 1.29 is 35.8 Å². The fourth-order valence-electron chi connectivity index (χ4n) is 2.66. The number of benzene rings is 2. The first-order chi connectivity index (χ1) is 13.6. The molecule has 0 radical (unpaired) electrons. The number of alkyl halides is 3. The first-order valence-electron chi connectivity index (χ1n) is 8.60. The van der Waals surface area contributed by atoms with Gasteiger partial charge in [0.2, 0.25) is 10.0 Å². The Morgan fingerprint density at radius 2 is 1.59 bits per heavy atom. The molecule has 29 heavy (non-hydrogen) atoms. The molecule has 0 bridgehead atoms. The zero-order valence-electron chi connectivity index (χ0n) is 16.2. The minimum Gasteiger partial charge on any atom is -0.493 e. The van der Waals surface area contributed by atoms with Crippen LogP contribution in [0.25, 0.3) is 0 Å². The molecule has 0 atom stereocenters. The molecule has 10 heteroatoms. The molecule has 0 fully saturated rings. The summed E-state index contributed by atoms with van der Waals surface area (Å²) in [5.74, 6) is 0.716. The van der Waals surface area contributed by atoms with E-state index < -0.39 is 22.1 Å². The van der Waals surface area contributed by atoms with Crippen molar-refractivity contribution in [2.45, 2.75) is 24.1 Å². The summed E-state index contributed by atoms with van der Waals surface area (Å²) in [5, 5.41) is 0. The van der Waals surface area contributed by atoms with E-state index >= 15 is 0 Å². The number of rotatable bonds is 9. The van der Waals surface area contributed by atoms with E-state index in [0.29, 0.717) is 24.3 Å². The minimum absolute atomic E-state index is 0.111. The molecular weight excluding hydrogens is 411 g/mol. The summed E-state index contributed by atoms with van der Waals surface area (Å²) in [7, 11) is 0.671. The van der Waals surface area contributed by atoms with Gasteiger partial charge in [-0.15, -0.1) is 13.2 Å². The van der Waals surface area contributed by atoms with Crippen LogP contribution in [-0.4, -0.2) is 46.9 Å². The van der Waals surface area contributed by atoms with Crippen molar-refractivity contribution in [2.75, 3.05) is 27.8 Å². The van der Waals surface area contributed by atoms with Gasteiger partial charge in [-0.3, -0.25) is 0 Å². The van der Waals surface area contributed by atoms with Crippen LogP contribution in [0.4, 0.5) is 13.2 Å². The van der Waals surface area contributed by atoms with Crippen LogP contribution in [0, 0.1) is 0 Å². The fourth-order valence-corrected chi connectivity index (χ4v) is 3.86. The number of sulfonamides is 1. The lowest BCUT2D eigenvalue weighted by Gasteiger charge is -2.18. The summed E-state index contributed by atoms with van der Waals surface area (Å²) in [5.41, 5.74) is 0.960. The van der Waals surface area contributed by atoms with Gasteiger partial charge in [-0.25, -0.2) is 12.7 Å². The highest BCUT2D eigenvalue weighted by molar-refractivity contribution is 7.89. The van der Waals surface area contributed by atoms with E-state index in [-0.39, 0.29) is 11.4 Å². The van der Waals surface area contributed by atoms with E-state index in [9.17, 15) is 21.6 Å². The number of hydrogen-bond acceptors (Lipinski definition) is 5. The van der Waals surface area contributed by atoms with Gasteiger partial charge in [0, 0.05) is 13.6 Å². The quantitative estimate of drug-likeness (QED) is 0.601. The molecule has 0 aliphatic rings. The molecule has 6 nitrogen and oxygen atoms in total. The molecule has 0 amide bonds. The van der Waals surface area contributed by atoms with E-state index in [2.05, 4.69) is 4.74 Å². The number of hydrogen-bond donors (Lipinski definition) is 0. The molecule has 160 valence electrons. The number of aryl methyl sites for hydroxylation is 1. The van der Waals surface area contributed by atoms with Crippen LogP contribution in [-0.2, 0) is 16.4 Å². The van der Waals surface area contributed by atoms with Crippen molar-refractivity contribution in [3.05, 3.63) is 48.0 Å². The van der Waals surface area contributed by atoms with Gasteiger partial charge in [-0.05, 0) is 54.8 Å². The minimum atomic E-state index is -4.83. The van der Waals surface area contributed by atoms with E-state index in [1.165, 1.54) is 14.2 Å². The average Bonchev–Trinajstić information content (AvgIpc) is 2.66. The second-order valence-corrected chi connectivity index (χ2v) is 8.18. The number of nitrogens with zero attached hydrogens (tertiary/aromatic N) is 1. The highest BCUT2D eigenvalue weighted by atomic mass is 32.2. The highest BCUT2D eigenvalue weighted by Crippen LogP contribution is 2.28. The van der Waals surface area contributed by atoms with Gasteiger partial charge in [0.25, 0.3) is 0 Å². The predicted octanol–water partition coefficient (Wildman–Crippen LogP) is 3.86. The van der Waals surface area contributed by atoms with Crippen LogP contribution in [0.1, 0.15) is 12.0 Å². The van der Waals surface area contributed by atoms with E-state index in [1.807, 2.05) is 12.1 Å². The molecule has 0 N–H and O–H groups in total. The van der Waals surface area contributed by atoms with Gasteiger partial charge in [0.05, 0.1) is 19.1 Å². The molecule has 0 aromatic heterocycles. The average molecular weight is 433 g/mol. The SMILES string of the molecule is COc1ccc(CCCN(C)S(=O)(=O)c2ccc(OC(F)(F)F)cc2)cc1OC. The van der Waals surface area contributed by atoms with E-state index in [4.69, 9.17) is 9.47 Å². The lowest BCUT2D eigenvalue weighted by atomic mass is 10.1. The first-order valence-corrected chi connectivity index (χ1v) is 10.0. The van der Waals surface area contributed by atoms with Crippen LogP contribution < -0.4 is 14.2 Å². The summed E-state index contributed by atoms with van der Waals surface area (Å²) in [6, 6.07) is 9.58. The van der Waals surface area contributed by atoms with E-state index in [1.54, 1.807) is 13.2 Å². The Hall–Kier alpha value is -2.46. The number of halogens is 3. The maximum atomic E-state index is 12.6. The van der Waals surface area contributed by atoms with Crippen molar-refractivity contribution in [2.24, 2.45) is 0 Å². The normalized spacial score (nSPS) is 12.1. The Morgan fingerprint density at radius 1 is 0.966 bits per heavy atom. The van der Waals surface area contributed by atoms with Crippen molar-refractivity contribution in [1.82, 2.24) is 4.31 Å². The van der Waals surface area contributed by atoms with Gasteiger partial charge >= 0.3 is 6.36 Å². The van der Waals surface area contributed by atoms with Gasteiger partial charge < -0.3 is 14.2 Å². The summed E-state index contributed by atoms with van der Waals surface area (Å²) in [6.45, 7) is 0.234. The number of methoxy groups -OCH3 is 2. The lowest BCUT2D eigenvalue weighted by Crippen LogP contribution is -2.28. The molecule has 0 aliphatic carbocycles. The van der Waals surface area contributed by atoms with Crippen molar-refractivity contribution in [3.63, 3.8) is 0 Å². The molecular formula is C19H22F3NO5S. The van der Waals surface area contributed by atoms with Gasteiger partial charge in [-0.1, -0.05) is 6.07 Å². The van der Waals surface area contributed by atoms with Crippen molar-refractivity contribution in [3.8, 4) is 17.2 Å². The molecule has 2 rings (SSSR count). The molecule has 0 unspecified atom stereocenters. The van der Waals surface area contributed by atoms with Gasteiger partial charge in [0.15, 0.2) is 11.5 Å². The van der Waals surface area contributed by atoms with Crippen LogP contribution >= 0.6 is 0 Å². The Labute approximate surface area is 167 Å². The second-order valence-electron chi connectivity index (χ2n) is 6.14. The fraction of sp³-hybridized carbons (Fsp3) is 0.368. The first kappa shape index (κ1) is 22.8. The van der Waals surface area contributed by atoms with Crippen molar-refractivity contribution >= 4 is 10.0 Å². The summed E-state index contributed by atoms with van der Waals surface area (Å²) in [4.78, 5) is -0.111. The third-order valence-electron chi connectivity index (χ3n) is 4.15. The topological polar surface area (TPSA) is 65.1 Å². The summed E-state index contributed by atoms with van der Waals surface area (Å²) in [6.07, 6.45) is -3.68. The maximum absolute atomic E-state index is 12.6. The van der Waals surface area contributed by atoms with Crippen molar-refractivity contribution in [1.29, 1.82) is 0 Å². The summed E-state index contributed by atoms with van der Waals surface area (Å²) < 4.78 is 77.1. The van der Waals surface area contributed by atoms with Crippen LogP contribution in [0.3, 0.4) is 0 Å². The highest BCUT2D eigenvalue weighted by Gasteiger charge is 2.31. The van der Waals surface area contributed by atoms with Crippen LogP contribution in [0.2, 0.25) is 0 Å². The standard InChI is InChI=1S/C19H22F3NO5S/c1-23(12-4-5-14-6-11-17(26-2)18(13-14)27-3)29(24,25)16-9-7-15(8-10-16)28-19(20,21)22/h6-11,13H,4-5,12H2,1-3H3. The van der Waals surface area contributed by atoms with Gasteiger partial charge in [0.1, 0.15) is 5.75 Å². The molecule has 0 saturated heterocycles. The number of ether oxygens (including phenoxy) is 3. The third-order valence-corrected chi connectivity index (χ3v) is 6.02. The zero-order chi connectivity index (χ0) is 21.7. The largest absolute Gasteiger partial charge is 0.573 e. The smallest absolute Gasteiger partial charge is 0.493 e. The molecule has 0 spiro atoms. The Kier molecular flexibility index (Phi) is 7.37. The molecule has 0 heterocycles. The third kappa shape index (κ3) is 6.26. The lowest BCUT2D eigenvalue weighted by molar-refractivity contribution is -0.274. The Bertz CT molecular complexity index is 914. The van der Waals surface area contributed by atoms with Crippen LogP contribution in [0.15, 0.2) is 47.4 Å². The maximum Gasteiger partial charge on any atom is 0.573 e. The Morgan fingerprint density at radius 3 is 2.14 bits per heavy atom. The second kappa shape index (κ2) is 9.36. The monoisotopic (exact) mass is 433 g/mol. The molecule has 2 aromatic carbocycles. The molecule has 2 aromatic rings. The predicted molar refractivity (Wildman–Crippen MR) is 101 cm³/mol. The summed E-state index contributed by atoms with van der Waals surface area (Å²) >= 11 is 0. The molecule has 0 saturated carbocycles. The zero-order valence-corrected chi connectivity index (χ0v) is 17.0.